The molecule has 0 radical (unpaired) electrons. The Morgan fingerprint density at radius 2 is 2.18 bits per heavy atom. The Morgan fingerprint density at radius 1 is 1.35 bits per heavy atom. The Hall–Kier alpha value is -1.02. The first-order valence-electron chi connectivity index (χ1n) is 6.28. The molecule has 0 saturated heterocycles. The topological polar surface area (TPSA) is 17.8 Å². The lowest BCUT2D eigenvalue weighted by molar-refractivity contribution is 0.523. The van der Waals surface area contributed by atoms with E-state index < -0.39 is 0 Å². The number of aromatic nitrogens is 2. The van der Waals surface area contributed by atoms with Crippen molar-refractivity contribution in [1.29, 1.82) is 0 Å². The molecule has 1 aliphatic carbocycles. The first-order valence-corrected chi connectivity index (χ1v) is 6.72. The van der Waals surface area contributed by atoms with Gasteiger partial charge in [0.15, 0.2) is 0 Å². The molecule has 1 saturated carbocycles. The summed E-state index contributed by atoms with van der Waals surface area (Å²) in [7, 11) is 2.11. The first-order chi connectivity index (χ1) is 8.24. The average molecular weight is 249 g/mol. The fourth-order valence-corrected chi connectivity index (χ4v) is 3.21. The Morgan fingerprint density at radius 3 is 2.88 bits per heavy atom. The van der Waals surface area contributed by atoms with E-state index in [1.165, 1.54) is 17.8 Å². The van der Waals surface area contributed by atoms with E-state index in [0.717, 1.165) is 24.8 Å². The third-order valence-electron chi connectivity index (χ3n) is 3.83. The van der Waals surface area contributed by atoms with E-state index in [9.17, 15) is 0 Å². The van der Waals surface area contributed by atoms with Gasteiger partial charge in [-0.1, -0.05) is 12.1 Å². The molecule has 0 bridgehead atoms. The van der Waals surface area contributed by atoms with E-state index in [0.29, 0.717) is 11.3 Å². The summed E-state index contributed by atoms with van der Waals surface area (Å²) in [5.41, 5.74) is 2.33. The van der Waals surface area contributed by atoms with Crippen LogP contribution in [0.1, 0.15) is 25.1 Å². The monoisotopic (exact) mass is 248 g/mol. The van der Waals surface area contributed by atoms with E-state index in [1.54, 1.807) is 0 Å². The van der Waals surface area contributed by atoms with Gasteiger partial charge in [0.2, 0.25) is 0 Å². The van der Waals surface area contributed by atoms with Crippen LogP contribution in [0.3, 0.4) is 0 Å². The van der Waals surface area contributed by atoms with Crippen molar-refractivity contribution in [3.8, 4) is 0 Å². The van der Waals surface area contributed by atoms with Gasteiger partial charge < -0.3 is 4.57 Å². The van der Waals surface area contributed by atoms with Crippen LogP contribution in [0.2, 0.25) is 0 Å². The number of halogens is 1. The minimum absolute atomic E-state index is 0.384. The molecule has 0 aliphatic heterocycles. The zero-order valence-electron chi connectivity index (χ0n) is 10.1. The number of para-hydroxylation sites is 2. The lowest BCUT2D eigenvalue weighted by Crippen LogP contribution is -2.06. The summed E-state index contributed by atoms with van der Waals surface area (Å²) < 4.78 is 2.22. The van der Waals surface area contributed by atoms with Crippen LogP contribution in [0, 0.1) is 5.92 Å². The molecule has 17 heavy (non-hydrogen) atoms. The maximum absolute atomic E-state index is 6.16. The lowest BCUT2D eigenvalue weighted by Gasteiger charge is -2.08. The highest BCUT2D eigenvalue weighted by atomic mass is 35.5. The Balaban J connectivity index is 1.88. The molecule has 1 aromatic heterocycles. The van der Waals surface area contributed by atoms with Crippen molar-refractivity contribution in [1.82, 2.24) is 9.55 Å². The minimum atomic E-state index is 0.384. The first kappa shape index (κ1) is 11.1. The van der Waals surface area contributed by atoms with Gasteiger partial charge in [-0.25, -0.2) is 4.98 Å². The standard InChI is InChI=1S/C14H17ClN2/c1-17-13-5-3-2-4-12(13)16-14(17)9-10-6-7-11(15)8-10/h2-5,10-11H,6-9H2,1H3. The van der Waals surface area contributed by atoms with Crippen molar-refractivity contribution >= 4 is 22.6 Å². The summed E-state index contributed by atoms with van der Waals surface area (Å²) in [6.07, 6.45) is 4.62. The smallest absolute Gasteiger partial charge is 0.109 e. The van der Waals surface area contributed by atoms with Gasteiger partial charge in [0.25, 0.3) is 0 Å². The molecule has 2 nitrogen and oxygen atoms in total. The molecule has 1 fully saturated rings. The molecule has 2 unspecified atom stereocenters. The van der Waals surface area contributed by atoms with Gasteiger partial charge in [0, 0.05) is 18.8 Å². The summed E-state index contributed by atoms with van der Waals surface area (Å²) in [5.74, 6) is 1.91. The zero-order valence-corrected chi connectivity index (χ0v) is 10.8. The maximum Gasteiger partial charge on any atom is 0.109 e. The van der Waals surface area contributed by atoms with Crippen LogP contribution in [-0.4, -0.2) is 14.9 Å². The van der Waals surface area contributed by atoms with Crippen molar-refractivity contribution in [2.24, 2.45) is 13.0 Å². The van der Waals surface area contributed by atoms with Crippen molar-refractivity contribution in [2.45, 2.75) is 31.1 Å². The van der Waals surface area contributed by atoms with Gasteiger partial charge in [0.1, 0.15) is 5.82 Å². The molecule has 3 heteroatoms. The SMILES string of the molecule is Cn1c(CC2CCC(Cl)C2)nc2ccccc21. The second kappa shape index (κ2) is 4.34. The number of rotatable bonds is 2. The third kappa shape index (κ3) is 2.06. The van der Waals surface area contributed by atoms with Gasteiger partial charge in [-0.15, -0.1) is 11.6 Å². The zero-order chi connectivity index (χ0) is 11.8. The number of imidazole rings is 1. The quantitative estimate of drug-likeness (QED) is 0.744. The van der Waals surface area contributed by atoms with E-state index in [1.807, 2.05) is 6.07 Å². The molecule has 1 heterocycles. The van der Waals surface area contributed by atoms with Crippen molar-refractivity contribution < 1.29 is 0 Å². The normalized spacial score (nSPS) is 24.6. The predicted molar refractivity (Wildman–Crippen MR) is 71.4 cm³/mol. The van der Waals surface area contributed by atoms with Gasteiger partial charge in [0.05, 0.1) is 11.0 Å². The Kier molecular flexibility index (Phi) is 2.83. The number of hydrogen-bond acceptors (Lipinski definition) is 1. The summed E-state index contributed by atoms with van der Waals surface area (Å²) >= 11 is 6.16. The maximum atomic E-state index is 6.16. The van der Waals surface area contributed by atoms with Crippen LogP contribution in [0.15, 0.2) is 24.3 Å². The molecular formula is C14H17ClN2. The second-order valence-corrected chi connectivity index (χ2v) is 5.67. The number of fused-ring (bicyclic) bond motifs is 1. The number of hydrogen-bond donors (Lipinski definition) is 0. The highest BCUT2D eigenvalue weighted by Gasteiger charge is 2.24. The highest BCUT2D eigenvalue weighted by molar-refractivity contribution is 6.20. The van der Waals surface area contributed by atoms with Gasteiger partial charge in [-0.05, 0) is 37.3 Å². The third-order valence-corrected chi connectivity index (χ3v) is 4.22. The summed E-state index contributed by atoms with van der Waals surface area (Å²) in [6, 6.07) is 8.32. The van der Waals surface area contributed by atoms with E-state index in [4.69, 9.17) is 16.6 Å². The molecule has 0 amide bonds. The van der Waals surface area contributed by atoms with Crippen LogP contribution < -0.4 is 0 Å². The minimum Gasteiger partial charge on any atom is -0.331 e. The molecule has 90 valence electrons. The molecule has 1 aliphatic rings. The molecule has 1 aromatic carbocycles. The van der Waals surface area contributed by atoms with Crippen LogP contribution in [0.25, 0.3) is 11.0 Å². The highest BCUT2D eigenvalue weighted by Crippen LogP contribution is 2.32. The average Bonchev–Trinajstić information content (AvgIpc) is 2.86. The van der Waals surface area contributed by atoms with Crippen LogP contribution >= 0.6 is 11.6 Å². The molecule has 0 spiro atoms. The van der Waals surface area contributed by atoms with Gasteiger partial charge in [-0.3, -0.25) is 0 Å². The molecule has 3 rings (SSSR count). The molecule has 0 N–H and O–H groups in total. The van der Waals surface area contributed by atoms with E-state index in [2.05, 4.69) is 29.8 Å². The van der Waals surface area contributed by atoms with Crippen LogP contribution in [0.4, 0.5) is 0 Å². The number of nitrogens with zero attached hydrogens (tertiary/aromatic N) is 2. The fraction of sp³-hybridized carbons (Fsp3) is 0.500. The molecule has 2 atom stereocenters. The summed E-state index contributed by atoms with van der Waals surface area (Å²) in [4.78, 5) is 4.72. The van der Waals surface area contributed by atoms with Crippen molar-refractivity contribution in [3.63, 3.8) is 0 Å². The molecule has 2 aromatic rings. The van der Waals surface area contributed by atoms with Gasteiger partial charge in [-0.2, -0.15) is 0 Å². The van der Waals surface area contributed by atoms with Crippen molar-refractivity contribution in [3.05, 3.63) is 30.1 Å². The van der Waals surface area contributed by atoms with E-state index in [-0.39, 0.29) is 0 Å². The van der Waals surface area contributed by atoms with Crippen LogP contribution in [-0.2, 0) is 13.5 Å². The van der Waals surface area contributed by atoms with Crippen LogP contribution in [0.5, 0.6) is 0 Å². The Labute approximate surface area is 107 Å². The number of alkyl halides is 1. The largest absolute Gasteiger partial charge is 0.331 e. The van der Waals surface area contributed by atoms with E-state index >= 15 is 0 Å². The molecular weight excluding hydrogens is 232 g/mol. The predicted octanol–water partition coefficient (Wildman–Crippen LogP) is 3.52. The summed E-state index contributed by atoms with van der Waals surface area (Å²) in [6.45, 7) is 0. The fourth-order valence-electron chi connectivity index (χ4n) is 2.84. The summed E-state index contributed by atoms with van der Waals surface area (Å²) in [5, 5.41) is 0.384. The Bertz CT molecular complexity index is 532. The van der Waals surface area contributed by atoms with Crippen molar-refractivity contribution in [2.75, 3.05) is 0 Å². The number of benzene rings is 1. The second-order valence-electron chi connectivity index (χ2n) is 5.06. The lowest BCUT2D eigenvalue weighted by atomic mass is 10.0. The number of aryl methyl sites for hydroxylation is 1. The van der Waals surface area contributed by atoms with Gasteiger partial charge >= 0.3 is 0 Å².